The summed E-state index contributed by atoms with van der Waals surface area (Å²) < 4.78 is 5.69. The van der Waals surface area contributed by atoms with Gasteiger partial charge in [-0.15, -0.1) is 0 Å². The number of rotatable bonds is 14. The number of carbonyl (C=O) groups excluding carboxylic acids is 3. The molecule has 0 saturated carbocycles. The van der Waals surface area contributed by atoms with E-state index < -0.39 is 35.5 Å². The summed E-state index contributed by atoms with van der Waals surface area (Å²) in [6.45, 7) is 10.1. The maximum Gasteiger partial charge on any atom is 0.329 e. The zero-order chi connectivity index (χ0) is 35.7. The van der Waals surface area contributed by atoms with Crippen LogP contribution in [0.25, 0.3) is 22.0 Å². The number of hydrogen-bond donors (Lipinski definition) is 4. The Labute approximate surface area is 296 Å². The third-order valence-electron chi connectivity index (χ3n) is 9.52. The van der Waals surface area contributed by atoms with E-state index >= 15 is 0 Å². The van der Waals surface area contributed by atoms with E-state index in [1.165, 1.54) is 16.7 Å². The number of nitrogens with zero attached hydrogens (tertiary/aromatic N) is 1. The van der Waals surface area contributed by atoms with Gasteiger partial charge in [0.15, 0.2) is 0 Å². The van der Waals surface area contributed by atoms with Crippen molar-refractivity contribution in [3.05, 3.63) is 96.2 Å². The SMILES string of the molecule is C[C@@H](c1c[nH]c2ccccc12)[C@H](NC(=O)C1CCCN(Cc2ccccc2-c2ccccc2)C1)C(=O)N[C@@H](CCCCN)C(=O)OC(C)(C)C. The maximum atomic E-state index is 14.2. The largest absolute Gasteiger partial charge is 0.458 e. The summed E-state index contributed by atoms with van der Waals surface area (Å²) in [7, 11) is 0. The summed E-state index contributed by atoms with van der Waals surface area (Å²) in [6, 6.07) is 24.9. The van der Waals surface area contributed by atoms with Crippen molar-refractivity contribution in [2.45, 2.75) is 89.9 Å². The number of aromatic nitrogens is 1. The van der Waals surface area contributed by atoms with Crippen molar-refractivity contribution in [1.29, 1.82) is 0 Å². The lowest BCUT2D eigenvalue weighted by Gasteiger charge is -2.34. The zero-order valence-electron chi connectivity index (χ0n) is 29.9. The van der Waals surface area contributed by atoms with Crippen molar-refractivity contribution in [3.8, 4) is 11.1 Å². The highest BCUT2D eigenvalue weighted by molar-refractivity contribution is 5.93. The highest BCUT2D eigenvalue weighted by Crippen LogP contribution is 2.30. The number of fused-ring (bicyclic) bond motifs is 1. The number of unbranched alkanes of at least 4 members (excludes halogenated alkanes) is 1. The fourth-order valence-electron chi connectivity index (χ4n) is 6.93. The number of likely N-dealkylation sites (tertiary alicyclic amines) is 1. The van der Waals surface area contributed by atoms with Crippen LogP contribution in [0.1, 0.15) is 76.8 Å². The molecule has 0 bridgehead atoms. The van der Waals surface area contributed by atoms with E-state index in [9.17, 15) is 14.4 Å². The van der Waals surface area contributed by atoms with Crippen LogP contribution < -0.4 is 16.4 Å². The fourth-order valence-corrected chi connectivity index (χ4v) is 6.93. The number of ether oxygens (including phenoxy) is 1. The first-order chi connectivity index (χ1) is 24.0. The minimum absolute atomic E-state index is 0.158. The number of aromatic amines is 1. The molecule has 5 rings (SSSR count). The van der Waals surface area contributed by atoms with E-state index in [1.807, 2.05) is 55.6 Å². The molecule has 50 heavy (non-hydrogen) atoms. The summed E-state index contributed by atoms with van der Waals surface area (Å²) in [6.07, 6.45) is 5.28. The topological polar surface area (TPSA) is 130 Å². The number of esters is 1. The van der Waals surface area contributed by atoms with Crippen molar-refractivity contribution in [1.82, 2.24) is 20.5 Å². The molecular formula is C41H53N5O4. The second kappa shape index (κ2) is 17.0. The lowest BCUT2D eigenvalue weighted by Crippen LogP contribution is -2.56. The van der Waals surface area contributed by atoms with Gasteiger partial charge >= 0.3 is 5.97 Å². The number of para-hydroxylation sites is 1. The monoisotopic (exact) mass is 679 g/mol. The van der Waals surface area contributed by atoms with Gasteiger partial charge in [-0.05, 0) is 94.3 Å². The quantitative estimate of drug-likeness (QED) is 0.0916. The molecule has 5 N–H and O–H groups in total. The van der Waals surface area contributed by atoms with Gasteiger partial charge in [0.25, 0.3) is 0 Å². The average Bonchev–Trinajstić information content (AvgIpc) is 3.54. The molecule has 266 valence electrons. The normalized spacial score (nSPS) is 17.1. The van der Waals surface area contributed by atoms with Gasteiger partial charge in [-0.2, -0.15) is 0 Å². The minimum Gasteiger partial charge on any atom is -0.458 e. The van der Waals surface area contributed by atoms with Crippen molar-refractivity contribution < 1.29 is 19.1 Å². The van der Waals surface area contributed by atoms with Crippen LogP contribution >= 0.6 is 0 Å². The summed E-state index contributed by atoms with van der Waals surface area (Å²) in [5.41, 5.74) is 10.5. The van der Waals surface area contributed by atoms with E-state index in [-0.39, 0.29) is 11.8 Å². The van der Waals surface area contributed by atoms with Crippen molar-refractivity contribution in [3.63, 3.8) is 0 Å². The highest BCUT2D eigenvalue weighted by atomic mass is 16.6. The van der Waals surface area contributed by atoms with E-state index in [0.29, 0.717) is 25.9 Å². The Morgan fingerprint density at radius 2 is 1.68 bits per heavy atom. The molecule has 0 aliphatic carbocycles. The summed E-state index contributed by atoms with van der Waals surface area (Å²) in [5, 5.41) is 7.11. The van der Waals surface area contributed by atoms with Crippen molar-refractivity contribution in [2.75, 3.05) is 19.6 Å². The number of piperidine rings is 1. The van der Waals surface area contributed by atoms with Gasteiger partial charge in [0.1, 0.15) is 17.7 Å². The van der Waals surface area contributed by atoms with Crippen LogP contribution in [0.4, 0.5) is 0 Å². The maximum absolute atomic E-state index is 14.2. The molecule has 2 amide bonds. The molecule has 1 fully saturated rings. The van der Waals surface area contributed by atoms with Crippen molar-refractivity contribution in [2.24, 2.45) is 11.7 Å². The summed E-state index contributed by atoms with van der Waals surface area (Å²) >= 11 is 0. The lowest BCUT2D eigenvalue weighted by atomic mass is 9.90. The molecule has 1 aliphatic rings. The standard InChI is InChI=1S/C41H53N5O4/c1-28(34-25-43-35-21-11-10-20-33(34)35)37(39(48)44-36(22-12-13-23-42)40(49)50-41(2,3)4)45-38(47)31-18-14-24-46(27-31)26-30-17-8-9-19-32(30)29-15-6-5-7-16-29/h5-11,15-17,19-21,25,28,31,36-37,43H,12-14,18,22-24,26-27,42H2,1-4H3,(H,44,48)(H,45,47)/t28-,31?,36-,37-/m0/s1. The van der Waals surface area contributed by atoms with Gasteiger partial charge in [-0.1, -0.05) is 79.7 Å². The Morgan fingerprint density at radius 3 is 2.44 bits per heavy atom. The van der Waals surface area contributed by atoms with Crippen LogP contribution in [0.2, 0.25) is 0 Å². The van der Waals surface area contributed by atoms with Gasteiger partial charge in [0.05, 0.1) is 5.92 Å². The van der Waals surface area contributed by atoms with Crippen LogP contribution in [0.15, 0.2) is 85.1 Å². The van der Waals surface area contributed by atoms with Gasteiger partial charge in [0, 0.05) is 36.1 Å². The molecule has 1 saturated heterocycles. The minimum atomic E-state index is -0.921. The summed E-state index contributed by atoms with van der Waals surface area (Å²) in [5.74, 6) is -1.74. The number of H-pyrrole nitrogens is 1. The molecule has 0 radical (unpaired) electrons. The number of hydrogen-bond acceptors (Lipinski definition) is 6. The Bertz CT molecular complexity index is 1730. The predicted octanol–water partition coefficient (Wildman–Crippen LogP) is 6.29. The van der Waals surface area contributed by atoms with Crippen molar-refractivity contribution >= 4 is 28.7 Å². The second-order valence-corrected chi connectivity index (χ2v) is 14.5. The molecule has 1 unspecified atom stereocenters. The van der Waals surface area contributed by atoms with Gasteiger partial charge in [0.2, 0.25) is 11.8 Å². The van der Waals surface area contributed by atoms with E-state index in [4.69, 9.17) is 10.5 Å². The number of nitrogens with one attached hydrogen (secondary N) is 3. The molecule has 4 aromatic rings. The Kier molecular flexibility index (Phi) is 12.5. The van der Waals surface area contributed by atoms with Crippen LogP contribution in [0.3, 0.4) is 0 Å². The Balaban J connectivity index is 1.35. The first-order valence-electron chi connectivity index (χ1n) is 18.0. The van der Waals surface area contributed by atoms with Crippen LogP contribution in [0, 0.1) is 5.92 Å². The molecule has 9 nitrogen and oxygen atoms in total. The van der Waals surface area contributed by atoms with E-state index in [0.717, 1.165) is 48.8 Å². The molecule has 2 heterocycles. The number of nitrogens with two attached hydrogens (primary N) is 1. The Morgan fingerprint density at radius 1 is 0.960 bits per heavy atom. The van der Waals surface area contributed by atoms with Gasteiger partial charge < -0.3 is 26.1 Å². The number of carbonyl (C=O) groups is 3. The first kappa shape index (κ1) is 36.8. The second-order valence-electron chi connectivity index (χ2n) is 14.5. The molecular weight excluding hydrogens is 626 g/mol. The summed E-state index contributed by atoms with van der Waals surface area (Å²) in [4.78, 5) is 47.3. The van der Waals surface area contributed by atoms with Crippen LogP contribution in [-0.4, -0.2) is 65.0 Å². The third kappa shape index (κ3) is 9.61. The van der Waals surface area contributed by atoms with E-state index in [1.54, 1.807) is 20.8 Å². The van der Waals surface area contributed by atoms with Gasteiger partial charge in [-0.3, -0.25) is 14.5 Å². The van der Waals surface area contributed by atoms with Crippen LogP contribution in [-0.2, 0) is 25.7 Å². The third-order valence-corrected chi connectivity index (χ3v) is 9.52. The molecule has 9 heteroatoms. The number of amides is 2. The average molecular weight is 680 g/mol. The molecule has 0 spiro atoms. The smallest absolute Gasteiger partial charge is 0.329 e. The molecule has 1 aliphatic heterocycles. The van der Waals surface area contributed by atoms with Gasteiger partial charge in [-0.25, -0.2) is 4.79 Å². The highest BCUT2D eigenvalue weighted by Gasteiger charge is 2.36. The molecule has 1 aromatic heterocycles. The number of benzene rings is 3. The lowest BCUT2D eigenvalue weighted by molar-refractivity contribution is -0.159. The molecule has 3 aromatic carbocycles. The van der Waals surface area contributed by atoms with E-state index in [2.05, 4.69) is 56.9 Å². The predicted molar refractivity (Wildman–Crippen MR) is 199 cm³/mol. The first-order valence-corrected chi connectivity index (χ1v) is 18.0. The van der Waals surface area contributed by atoms with Crippen LogP contribution in [0.5, 0.6) is 0 Å². The fraction of sp³-hybridized carbons (Fsp3) is 0.439. The molecule has 4 atom stereocenters. The zero-order valence-corrected chi connectivity index (χ0v) is 29.9. The Hall–Kier alpha value is -4.47.